The summed E-state index contributed by atoms with van der Waals surface area (Å²) in [5, 5.41) is 3.32. The van der Waals surface area contributed by atoms with E-state index in [4.69, 9.17) is 0 Å². The van der Waals surface area contributed by atoms with Gasteiger partial charge in [-0.1, -0.05) is 13.0 Å². The third-order valence-corrected chi connectivity index (χ3v) is 4.03. The van der Waals surface area contributed by atoms with Crippen LogP contribution < -0.4 is 10.2 Å². The van der Waals surface area contributed by atoms with Crippen LogP contribution in [0.25, 0.3) is 0 Å². The topological polar surface area (TPSA) is 18.5 Å². The maximum Gasteiger partial charge on any atom is 0.146 e. The van der Waals surface area contributed by atoms with Gasteiger partial charge in [-0.3, -0.25) is 0 Å². The first-order valence-electron chi connectivity index (χ1n) is 8.02. The van der Waals surface area contributed by atoms with Crippen molar-refractivity contribution in [2.75, 3.05) is 38.6 Å². The zero-order chi connectivity index (χ0) is 15.2. The fraction of sp³-hybridized carbons (Fsp3) is 0.647. The van der Waals surface area contributed by atoms with Gasteiger partial charge in [0.1, 0.15) is 5.82 Å². The van der Waals surface area contributed by atoms with E-state index in [2.05, 4.69) is 36.1 Å². The Morgan fingerprint density at radius 3 is 2.86 bits per heavy atom. The van der Waals surface area contributed by atoms with E-state index in [0.717, 1.165) is 56.7 Å². The Hall–Kier alpha value is -1.13. The van der Waals surface area contributed by atoms with Crippen LogP contribution in [0.5, 0.6) is 0 Å². The predicted molar refractivity (Wildman–Crippen MR) is 87.3 cm³/mol. The average Bonchev–Trinajstić information content (AvgIpc) is 2.86. The number of rotatable bonds is 7. The fourth-order valence-corrected chi connectivity index (χ4v) is 3.07. The van der Waals surface area contributed by atoms with Crippen LogP contribution in [0.1, 0.15) is 31.7 Å². The number of nitrogens with one attached hydrogen (secondary N) is 1. The molecule has 4 heteroatoms. The summed E-state index contributed by atoms with van der Waals surface area (Å²) in [5.74, 6) is -0.0866. The molecule has 1 aliphatic heterocycles. The number of hydrogen-bond acceptors (Lipinski definition) is 3. The molecule has 1 N–H and O–H groups in total. The Labute approximate surface area is 128 Å². The van der Waals surface area contributed by atoms with Gasteiger partial charge in [-0.15, -0.1) is 0 Å². The third kappa shape index (κ3) is 4.42. The molecule has 2 rings (SSSR count). The highest BCUT2D eigenvalue weighted by Gasteiger charge is 2.26. The highest BCUT2D eigenvalue weighted by atomic mass is 19.1. The van der Waals surface area contributed by atoms with Crippen LogP contribution in [0.15, 0.2) is 18.2 Å². The summed E-state index contributed by atoms with van der Waals surface area (Å²) in [6.45, 7) is 5.80. The summed E-state index contributed by atoms with van der Waals surface area (Å²) in [5.41, 5.74) is 1.78. The van der Waals surface area contributed by atoms with Crippen LogP contribution in [-0.4, -0.2) is 44.7 Å². The summed E-state index contributed by atoms with van der Waals surface area (Å²) in [6.07, 6.45) is 3.40. The lowest BCUT2D eigenvalue weighted by Crippen LogP contribution is -2.38. The third-order valence-electron chi connectivity index (χ3n) is 4.03. The fourth-order valence-electron chi connectivity index (χ4n) is 3.07. The normalized spacial score (nSPS) is 18.7. The maximum atomic E-state index is 14.4. The highest BCUT2D eigenvalue weighted by molar-refractivity contribution is 5.51. The van der Waals surface area contributed by atoms with Gasteiger partial charge in [0.2, 0.25) is 0 Å². The van der Waals surface area contributed by atoms with Crippen molar-refractivity contribution in [3.05, 3.63) is 29.6 Å². The summed E-state index contributed by atoms with van der Waals surface area (Å²) in [4.78, 5) is 4.42. The van der Waals surface area contributed by atoms with Crippen LogP contribution in [0.2, 0.25) is 0 Å². The van der Waals surface area contributed by atoms with E-state index in [1.165, 1.54) is 0 Å². The second-order valence-corrected chi connectivity index (χ2v) is 6.21. The van der Waals surface area contributed by atoms with Gasteiger partial charge >= 0.3 is 0 Å². The quantitative estimate of drug-likeness (QED) is 0.780. The molecule has 118 valence electrons. The van der Waals surface area contributed by atoms with Gasteiger partial charge in [-0.25, -0.2) is 4.39 Å². The Bertz CT molecular complexity index is 448. The molecule has 0 bridgehead atoms. The van der Waals surface area contributed by atoms with E-state index in [9.17, 15) is 4.39 Å². The van der Waals surface area contributed by atoms with E-state index in [1.807, 2.05) is 12.1 Å². The van der Waals surface area contributed by atoms with Crippen molar-refractivity contribution in [2.45, 2.75) is 38.8 Å². The van der Waals surface area contributed by atoms with E-state index >= 15 is 0 Å². The van der Waals surface area contributed by atoms with Gasteiger partial charge in [0.05, 0.1) is 5.69 Å². The lowest BCUT2D eigenvalue weighted by Gasteiger charge is -2.29. The van der Waals surface area contributed by atoms with Gasteiger partial charge in [-0.05, 0) is 57.6 Å². The Balaban J connectivity index is 2.05. The highest BCUT2D eigenvalue weighted by Crippen LogP contribution is 2.28. The first-order valence-corrected chi connectivity index (χ1v) is 8.02. The Morgan fingerprint density at radius 1 is 1.38 bits per heavy atom. The molecule has 0 radical (unpaired) electrons. The molecule has 1 heterocycles. The van der Waals surface area contributed by atoms with Gasteiger partial charge in [0.15, 0.2) is 0 Å². The first-order chi connectivity index (χ1) is 10.1. The monoisotopic (exact) mass is 293 g/mol. The SMILES string of the molecule is CCCNCc1ccc(N2CCCC2CN(C)C)c(F)c1. The molecule has 1 aliphatic rings. The molecule has 0 spiro atoms. The summed E-state index contributed by atoms with van der Waals surface area (Å²) < 4.78 is 14.4. The largest absolute Gasteiger partial charge is 0.365 e. The van der Waals surface area contributed by atoms with Crippen LogP contribution in [-0.2, 0) is 6.54 Å². The molecule has 1 unspecified atom stereocenters. The molecule has 21 heavy (non-hydrogen) atoms. The number of hydrogen-bond donors (Lipinski definition) is 1. The molecule has 1 fully saturated rings. The van der Waals surface area contributed by atoms with E-state index < -0.39 is 0 Å². The Morgan fingerprint density at radius 2 is 2.19 bits per heavy atom. The molecule has 1 aromatic rings. The standard InChI is InChI=1S/C17H28FN3/c1-4-9-19-12-14-7-8-17(16(18)11-14)21-10-5-6-15(21)13-20(2)3/h7-8,11,15,19H,4-6,9-10,12-13H2,1-3H3. The lowest BCUT2D eigenvalue weighted by atomic mass is 10.1. The zero-order valence-electron chi connectivity index (χ0n) is 13.5. The summed E-state index contributed by atoms with van der Waals surface area (Å²) in [7, 11) is 4.16. The molecule has 0 aromatic heterocycles. The van der Waals surface area contributed by atoms with E-state index in [0.29, 0.717) is 6.04 Å². The number of halogens is 1. The van der Waals surface area contributed by atoms with Gasteiger partial charge in [0.25, 0.3) is 0 Å². The smallest absolute Gasteiger partial charge is 0.146 e. The molecule has 0 saturated carbocycles. The average molecular weight is 293 g/mol. The molecule has 3 nitrogen and oxygen atoms in total. The number of nitrogens with zero attached hydrogens (tertiary/aromatic N) is 2. The minimum Gasteiger partial charge on any atom is -0.365 e. The molecular weight excluding hydrogens is 265 g/mol. The van der Waals surface area contributed by atoms with Crippen molar-refractivity contribution in [1.82, 2.24) is 10.2 Å². The summed E-state index contributed by atoms with van der Waals surface area (Å²) >= 11 is 0. The minimum atomic E-state index is -0.0866. The van der Waals surface area contributed by atoms with E-state index in [-0.39, 0.29) is 5.82 Å². The van der Waals surface area contributed by atoms with Crippen LogP contribution in [0.3, 0.4) is 0 Å². The van der Waals surface area contributed by atoms with Crippen molar-refractivity contribution in [3.8, 4) is 0 Å². The Kier molecular flexibility index (Phi) is 6.00. The lowest BCUT2D eigenvalue weighted by molar-refractivity contribution is 0.371. The van der Waals surface area contributed by atoms with Crippen molar-refractivity contribution in [1.29, 1.82) is 0 Å². The molecule has 0 amide bonds. The van der Waals surface area contributed by atoms with E-state index in [1.54, 1.807) is 6.07 Å². The predicted octanol–water partition coefficient (Wildman–Crippen LogP) is 2.86. The number of anilines is 1. The second kappa shape index (κ2) is 7.76. The van der Waals surface area contributed by atoms with Gasteiger partial charge in [-0.2, -0.15) is 0 Å². The van der Waals surface area contributed by atoms with Crippen molar-refractivity contribution >= 4 is 5.69 Å². The van der Waals surface area contributed by atoms with Crippen LogP contribution in [0, 0.1) is 5.82 Å². The molecule has 1 aromatic carbocycles. The number of benzene rings is 1. The van der Waals surface area contributed by atoms with Crippen molar-refractivity contribution in [3.63, 3.8) is 0 Å². The van der Waals surface area contributed by atoms with Gasteiger partial charge < -0.3 is 15.1 Å². The number of likely N-dealkylation sites (N-methyl/N-ethyl adjacent to an activating group) is 1. The summed E-state index contributed by atoms with van der Waals surface area (Å²) in [6, 6.07) is 6.11. The van der Waals surface area contributed by atoms with Crippen molar-refractivity contribution in [2.24, 2.45) is 0 Å². The molecule has 1 atom stereocenters. The van der Waals surface area contributed by atoms with Gasteiger partial charge in [0, 0.05) is 25.7 Å². The van der Waals surface area contributed by atoms with Crippen molar-refractivity contribution < 1.29 is 4.39 Å². The molecular formula is C17H28FN3. The minimum absolute atomic E-state index is 0.0866. The first kappa shape index (κ1) is 16.2. The van der Waals surface area contributed by atoms with Crippen LogP contribution >= 0.6 is 0 Å². The second-order valence-electron chi connectivity index (χ2n) is 6.21. The molecule has 0 aliphatic carbocycles. The zero-order valence-corrected chi connectivity index (χ0v) is 13.5. The molecule has 1 saturated heterocycles. The maximum absolute atomic E-state index is 14.4. The van der Waals surface area contributed by atoms with Crippen LogP contribution in [0.4, 0.5) is 10.1 Å².